The number of thioether (sulfide) groups is 1. The van der Waals surface area contributed by atoms with Crippen molar-refractivity contribution in [1.29, 1.82) is 0 Å². The number of amides is 1. The molecule has 1 aromatic heterocycles. The molecule has 0 unspecified atom stereocenters. The molecule has 0 radical (unpaired) electrons. The van der Waals surface area contributed by atoms with Crippen molar-refractivity contribution in [2.24, 2.45) is 4.99 Å². The van der Waals surface area contributed by atoms with Crippen LogP contribution in [0.25, 0.3) is 6.08 Å². The van der Waals surface area contributed by atoms with E-state index in [0.717, 1.165) is 33.0 Å². The van der Waals surface area contributed by atoms with Crippen molar-refractivity contribution in [2.45, 2.75) is 13.8 Å². The van der Waals surface area contributed by atoms with Crippen molar-refractivity contribution in [3.8, 4) is 0 Å². The molecule has 3 rings (SSSR count). The van der Waals surface area contributed by atoms with E-state index >= 15 is 0 Å². The van der Waals surface area contributed by atoms with Crippen LogP contribution in [-0.2, 0) is 4.79 Å². The third kappa shape index (κ3) is 3.83. The minimum Gasteiger partial charge on any atom is -0.401 e. The molecule has 25 heavy (non-hydrogen) atoms. The largest absolute Gasteiger partial charge is 0.433 e. The molecule has 1 fully saturated rings. The van der Waals surface area contributed by atoms with E-state index in [1.165, 1.54) is 18.2 Å². The summed E-state index contributed by atoms with van der Waals surface area (Å²) >= 11 is 4.65. The molecule has 0 spiro atoms. The van der Waals surface area contributed by atoms with E-state index in [9.17, 15) is 14.9 Å². The summed E-state index contributed by atoms with van der Waals surface area (Å²) in [5.74, 6) is -0.459. The Hall–Kier alpha value is -2.39. The average Bonchev–Trinajstić information content (AvgIpc) is 3.13. The zero-order chi connectivity index (χ0) is 18.1. The van der Waals surface area contributed by atoms with E-state index in [4.69, 9.17) is 4.42 Å². The molecule has 7 nitrogen and oxygen atoms in total. The fourth-order valence-electron chi connectivity index (χ4n) is 2.23. The van der Waals surface area contributed by atoms with E-state index in [-0.39, 0.29) is 17.6 Å². The summed E-state index contributed by atoms with van der Waals surface area (Å²) < 4.78 is 6.07. The van der Waals surface area contributed by atoms with Gasteiger partial charge in [0.25, 0.3) is 5.91 Å². The minimum absolute atomic E-state index is 0.237. The number of nitro groups is 1. The summed E-state index contributed by atoms with van der Waals surface area (Å²) in [5, 5.41) is 13.8. The van der Waals surface area contributed by atoms with Crippen LogP contribution < -0.4 is 5.32 Å². The first-order chi connectivity index (χ1) is 11.8. The topological polar surface area (TPSA) is 97.7 Å². The van der Waals surface area contributed by atoms with Crippen molar-refractivity contribution < 1.29 is 14.1 Å². The maximum absolute atomic E-state index is 12.0. The van der Waals surface area contributed by atoms with Crippen LogP contribution in [0.5, 0.6) is 0 Å². The Kier molecular flexibility index (Phi) is 4.78. The van der Waals surface area contributed by atoms with Crippen LogP contribution in [0.4, 0.5) is 11.6 Å². The molecule has 1 N–H and O–H groups in total. The Morgan fingerprint density at radius 1 is 1.32 bits per heavy atom. The molecular formula is C16H12BrN3O4S. The van der Waals surface area contributed by atoms with Gasteiger partial charge >= 0.3 is 5.88 Å². The number of nitrogens with one attached hydrogen (secondary N) is 1. The molecule has 1 amide bonds. The molecule has 0 aliphatic carbocycles. The molecule has 1 aliphatic heterocycles. The number of furan rings is 1. The zero-order valence-corrected chi connectivity index (χ0v) is 15.6. The van der Waals surface area contributed by atoms with Gasteiger partial charge in [0.1, 0.15) is 10.7 Å². The lowest BCUT2D eigenvalue weighted by atomic mass is 10.1. The average molecular weight is 422 g/mol. The second-order valence-corrected chi connectivity index (χ2v) is 7.13. The fraction of sp³-hybridized carbons (Fsp3) is 0.125. The fourth-order valence-corrected chi connectivity index (χ4v) is 3.28. The molecule has 0 atom stereocenters. The molecule has 1 aliphatic rings. The van der Waals surface area contributed by atoms with E-state index < -0.39 is 4.92 Å². The van der Waals surface area contributed by atoms with Gasteiger partial charge in [-0.1, -0.05) is 15.9 Å². The molecule has 128 valence electrons. The number of rotatable bonds is 3. The van der Waals surface area contributed by atoms with Crippen LogP contribution in [0.15, 0.2) is 43.1 Å². The summed E-state index contributed by atoms with van der Waals surface area (Å²) in [5.41, 5.74) is 2.83. The number of carbonyl (C=O) groups is 1. The lowest BCUT2D eigenvalue weighted by molar-refractivity contribution is -0.402. The molecule has 9 heteroatoms. The summed E-state index contributed by atoms with van der Waals surface area (Å²) in [6.45, 7) is 3.94. The van der Waals surface area contributed by atoms with Crippen LogP contribution >= 0.6 is 27.7 Å². The highest BCUT2D eigenvalue weighted by Gasteiger charge is 2.25. The van der Waals surface area contributed by atoms with Gasteiger partial charge in [0.05, 0.1) is 16.7 Å². The van der Waals surface area contributed by atoms with Gasteiger partial charge in [0.2, 0.25) is 0 Å². The first-order valence-corrected chi connectivity index (χ1v) is 8.75. The van der Waals surface area contributed by atoms with Crippen LogP contribution in [-0.4, -0.2) is 16.0 Å². The Morgan fingerprint density at radius 2 is 2.00 bits per heavy atom. The van der Waals surface area contributed by atoms with Crippen molar-refractivity contribution in [3.63, 3.8) is 0 Å². The Morgan fingerprint density at radius 3 is 2.60 bits per heavy atom. The Labute approximate surface area is 155 Å². The second kappa shape index (κ2) is 6.85. The van der Waals surface area contributed by atoms with Gasteiger partial charge in [-0.2, -0.15) is 0 Å². The molecule has 0 bridgehead atoms. The molecular weight excluding hydrogens is 410 g/mol. The number of aryl methyl sites for hydroxylation is 2. The first kappa shape index (κ1) is 17.4. The van der Waals surface area contributed by atoms with Crippen molar-refractivity contribution >= 4 is 56.4 Å². The number of halogens is 1. The molecule has 1 saturated heterocycles. The third-order valence-corrected chi connectivity index (χ3v) is 5.53. The highest BCUT2D eigenvalue weighted by Crippen LogP contribution is 2.31. The predicted octanol–water partition coefficient (Wildman–Crippen LogP) is 4.46. The maximum Gasteiger partial charge on any atom is 0.433 e. The van der Waals surface area contributed by atoms with Crippen molar-refractivity contribution in [1.82, 2.24) is 5.32 Å². The normalized spacial score (nSPS) is 17.3. The van der Waals surface area contributed by atoms with E-state index in [1.54, 1.807) is 0 Å². The number of amidine groups is 1. The highest BCUT2D eigenvalue weighted by atomic mass is 79.9. The molecule has 1 aromatic carbocycles. The van der Waals surface area contributed by atoms with Crippen molar-refractivity contribution in [2.75, 3.05) is 0 Å². The summed E-state index contributed by atoms with van der Waals surface area (Å²) in [7, 11) is 0. The standard InChI is InChI=1S/C16H12BrN3O4S/c1-8-5-10(6-9(2)14(8)17)18-16-19-15(21)12(25-16)7-11-3-4-13(24-11)20(22)23/h3-7H,1-2H3,(H,18,19,21)/b12-7-. The summed E-state index contributed by atoms with van der Waals surface area (Å²) in [4.78, 5) is 26.8. The number of nitrogens with zero attached hydrogens (tertiary/aromatic N) is 2. The summed E-state index contributed by atoms with van der Waals surface area (Å²) in [6, 6.07) is 6.50. The SMILES string of the molecule is Cc1cc(N=C2NC(=O)/C(=C/c3ccc([N+](=O)[O-])o3)S2)cc(C)c1Br. The number of carbonyl (C=O) groups excluding carboxylic acids is 1. The van der Waals surface area contributed by atoms with Gasteiger partial charge in [-0.15, -0.1) is 0 Å². The molecule has 0 saturated carbocycles. The minimum atomic E-state index is -0.630. The number of hydrogen-bond acceptors (Lipinski definition) is 6. The zero-order valence-electron chi connectivity index (χ0n) is 13.2. The highest BCUT2D eigenvalue weighted by molar-refractivity contribution is 9.10. The second-order valence-electron chi connectivity index (χ2n) is 5.31. The number of hydrogen-bond donors (Lipinski definition) is 1. The monoisotopic (exact) mass is 421 g/mol. The lowest BCUT2D eigenvalue weighted by Gasteiger charge is -2.04. The molecule has 2 aromatic rings. The van der Waals surface area contributed by atoms with Crippen LogP contribution in [0, 0.1) is 24.0 Å². The van der Waals surface area contributed by atoms with Gasteiger partial charge < -0.3 is 9.73 Å². The summed E-state index contributed by atoms with van der Waals surface area (Å²) in [6.07, 6.45) is 1.45. The lowest BCUT2D eigenvalue weighted by Crippen LogP contribution is -2.19. The Bertz CT molecular complexity index is 926. The van der Waals surface area contributed by atoms with Crippen LogP contribution in [0.1, 0.15) is 16.9 Å². The quantitative estimate of drug-likeness (QED) is 0.448. The van der Waals surface area contributed by atoms with Crippen molar-refractivity contribution in [3.05, 3.63) is 60.6 Å². The van der Waals surface area contributed by atoms with Gasteiger partial charge in [0.15, 0.2) is 5.17 Å². The van der Waals surface area contributed by atoms with E-state index in [1.807, 2.05) is 26.0 Å². The van der Waals surface area contributed by atoms with E-state index in [2.05, 4.69) is 26.2 Å². The number of benzene rings is 1. The van der Waals surface area contributed by atoms with Crippen LogP contribution in [0.2, 0.25) is 0 Å². The van der Waals surface area contributed by atoms with Gasteiger partial charge in [-0.25, -0.2) is 4.99 Å². The van der Waals surface area contributed by atoms with E-state index in [0.29, 0.717) is 10.1 Å². The first-order valence-electron chi connectivity index (χ1n) is 7.14. The van der Waals surface area contributed by atoms with Gasteiger partial charge in [-0.05, 0) is 54.9 Å². The maximum atomic E-state index is 12.0. The van der Waals surface area contributed by atoms with Gasteiger partial charge in [0, 0.05) is 10.5 Å². The number of aliphatic imine (C=N–C) groups is 1. The van der Waals surface area contributed by atoms with Crippen LogP contribution in [0.3, 0.4) is 0 Å². The predicted molar refractivity (Wildman–Crippen MR) is 99.8 cm³/mol. The Balaban J connectivity index is 1.84. The molecule has 2 heterocycles. The van der Waals surface area contributed by atoms with Gasteiger partial charge in [-0.3, -0.25) is 14.9 Å². The smallest absolute Gasteiger partial charge is 0.401 e. The third-order valence-electron chi connectivity index (χ3n) is 3.37.